The molecule has 25 heavy (non-hydrogen) atoms. The monoisotopic (exact) mass is 419 g/mol. The van der Waals surface area contributed by atoms with Crippen LogP contribution >= 0.6 is 27.7 Å². The molecule has 1 saturated heterocycles. The van der Waals surface area contributed by atoms with Gasteiger partial charge in [-0.25, -0.2) is 0 Å². The number of phenols is 1. The SMILES string of the molecule is COc1cc(/C=C2/SC(=O)N(Cc3ccccc3)C2=O)c(Br)cc1O. The van der Waals surface area contributed by atoms with Gasteiger partial charge < -0.3 is 9.84 Å². The van der Waals surface area contributed by atoms with E-state index in [2.05, 4.69) is 15.9 Å². The fourth-order valence-corrected chi connectivity index (χ4v) is 3.65. The van der Waals surface area contributed by atoms with E-state index < -0.39 is 0 Å². The first kappa shape index (κ1) is 17.6. The maximum absolute atomic E-state index is 12.6. The van der Waals surface area contributed by atoms with Crippen molar-refractivity contribution in [1.29, 1.82) is 0 Å². The van der Waals surface area contributed by atoms with Crippen molar-refractivity contribution in [1.82, 2.24) is 4.90 Å². The highest BCUT2D eigenvalue weighted by molar-refractivity contribution is 9.10. The number of amides is 2. The highest BCUT2D eigenvalue weighted by Gasteiger charge is 2.35. The molecule has 7 heteroatoms. The van der Waals surface area contributed by atoms with E-state index >= 15 is 0 Å². The first-order valence-electron chi connectivity index (χ1n) is 7.35. The molecule has 1 aliphatic rings. The first-order chi connectivity index (χ1) is 12.0. The van der Waals surface area contributed by atoms with E-state index in [1.165, 1.54) is 18.1 Å². The number of imide groups is 1. The van der Waals surface area contributed by atoms with Crippen LogP contribution in [0.3, 0.4) is 0 Å². The van der Waals surface area contributed by atoms with Crippen molar-refractivity contribution < 1.29 is 19.4 Å². The molecule has 1 fully saturated rings. The second-order valence-corrected chi connectivity index (χ2v) is 7.15. The van der Waals surface area contributed by atoms with Crippen molar-refractivity contribution in [3.05, 3.63) is 63.0 Å². The van der Waals surface area contributed by atoms with Gasteiger partial charge in [0.2, 0.25) is 0 Å². The minimum absolute atomic E-state index is 0.0105. The summed E-state index contributed by atoms with van der Waals surface area (Å²) in [7, 11) is 1.44. The smallest absolute Gasteiger partial charge is 0.293 e. The number of rotatable bonds is 4. The molecule has 1 N–H and O–H groups in total. The largest absolute Gasteiger partial charge is 0.504 e. The van der Waals surface area contributed by atoms with Crippen molar-refractivity contribution in [2.45, 2.75) is 6.54 Å². The standard InChI is InChI=1S/C18H14BrNO4S/c1-24-15-7-12(13(19)9-14(15)21)8-16-17(22)20(18(23)25-16)10-11-5-3-2-4-6-11/h2-9,21H,10H2,1H3/b16-8+. The zero-order valence-electron chi connectivity index (χ0n) is 13.2. The van der Waals surface area contributed by atoms with Gasteiger partial charge in [0.05, 0.1) is 18.6 Å². The number of carbonyl (C=O) groups excluding carboxylic acids is 2. The highest BCUT2D eigenvalue weighted by atomic mass is 79.9. The van der Waals surface area contributed by atoms with Gasteiger partial charge in [-0.3, -0.25) is 14.5 Å². The molecule has 0 radical (unpaired) electrons. The molecule has 0 aromatic heterocycles. The van der Waals surface area contributed by atoms with Crippen LogP contribution in [0.25, 0.3) is 6.08 Å². The highest BCUT2D eigenvalue weighted by Crippen LogP contribution is 2.37. The number of methoxy groups -OCH3 is 1. The second kappa shape index (κ2) is 7.33. The summed E-state index contributed by atoms with van der Waals surface area (Å²) in [6.07, 6.45) is 1.61. The Bertz CT molecular complexity index is 867. The Balaban J connectivity index is 1.88. The molecule has 3 rings (SSSR count). The average Bonchev–Trinajstić information content (AvgIpc) is 2.86. The Hall–Kier alpha value is -2.25. The van der Waals surface area contributed by atoms with Crippen LogP contribution in [0.2, 0.25) is 0 Å². The summed E-state index contributed by atoms with van der Waals surface area (Å²) in [6, 6.07) is 12.4. The van der Waals surface area contributed by atoms with E-state index in [1.807, 2.05) is 30.3 Å². The molecular formula is C18H14BrNO4S. The lowest BCUT2D eigenvalue weighted by Crippen LogP contribution is -2.27. The lowest BCUT2D eigenvalue weighted by Gasteiger charge is -2.12. The minimum Gasteiger partial charge on any atom is -0.504 e. The Kier molecular flexibility index (Phi) is 5.15. The van der Waals surface area contributed by atoms with E-state index in [9.17, 15) is 14.7 Å². The zero-order valence-corrected chi connectivity index (χ0v) is 15.6. The number of aromatic hydroxyl groups is 1. The van der Waals surface area contributed by atoms with Crippen molar-refractivity contribution in [3.63, 3.8) is 0 Å². The molecule has 2 aromatic carbocycles. The molecule has 0 saturated carbocycles. The maximum Gasteiger partial charge on any atom is 0.293 e. The van der Waals surface area contributed by atoms with Crippen LogP contribution in [0.15, 0.2) is 51.8 Å². The predicted molar refractivity (Wildman–Crippen MR) is 100 cm³/mol. The van der Waals surface area contributed by atoms with Crippen LogP contribution in [0, 0.1) is 0 Å². The molecule has 2 aromatic rings. The topological polar surface area (TPSA) is 66.8 Å². The summed E-state index contributed by atoms with van der Waals surface area (Å²) < 4.78 is 5.68. The number of nitrogens with zero attached hydrogens (tertiary/aromatic N) is 1. The predicted octanol–water partition coefficient (Wildman–Crippen LogP) is 4.40. The number of halogens is 1. The van der Waals surface area contributed by atoms with E-state index in [-0.39, 0.29) is 29.2 Å². The molecule has 0 atom stereocenters. The van der Waals surface area contributed by atoms with Crippen LogP contribution in [0.5, 0.6) is 11.5 Å². The Morgan fingerprint density at radius 1 is 1.24 bits per heavy atom. The number of hydrogen-bond donors (Lipinski definition) is 1. The minimum atomic E-state index is -0.335. The third-order valence-electron chi connectivity index (χ3n) is 3.64. The van der Waals surface area contributed by atoms with Crippen LogP contribution < -0.4 is 4.74 Å². The quantitative estimate of drug-likeness (QED) is 0.743. The van der Waals surface area contributed by atoms with E-state index in [0.29, 0.717) is 14.9 Å². The van der Waals surface area contributed by atoms with Gasteiger partial charge in [-0.1, -0.05) is 46.3 Å². The van der Waals surface area contributed by atoms with Crippen molar-refractivity contribution in [2.24, 2.45) is 0 Å². The number of ether oxygens (including phenoxy) is 1. The number of thioether (sulfide) groups is 1. The van der Waals surface area contributed by atoms with Gasteiger partial charge in [0, 0.05) is 4.47 Å². The van der Waals surface area contributed by atoms with E-state index in [4.69, 9.17) is 4.74 Å². The zero-order chi connectivity index (χ0) is 18.0. The molecule has 2 amide bonds. The van der Waals surface area contributed by atoms with Crippen molar-refractivity contribution >= 4 is 44.9 Å². The number of benzene rings is 2. The van der Waals surface area contributed by atoms with Gasteiger partial charge in [0.15, 0.2) is 11.5 Å². The average molecular weight is 420 g/mol. The summed E-state index contributed by atoms with van der Waals surface area (Å²) in [6.45, 7) is 0.239. The van der Waals surface area contributed by atoms with Gasteiger partial charge in [-0.2, -0.15) is 0 Å². The Labute approximate surface area is 157 Å². The van der Waals surface area contributed by atoms with Gasteiger partial charge in [0.25, 0.3) is 11.1 Å². The molecular weight excluding hydrogens is 406 g/mol. The molecule has 5 nitrogen and oxygen atoms in total. The number of phenolic OH excluding ortho intramolecular Hbond substituents is 1. The van der Waals surface area contributed by atoms with Crippen LogP contribution in [-0.2, 0) is 11.3 Å². The Morgan fingerprint density at radius 2 is 1.96 bits per heavy atom. The molecule has 1 aliphatic heterocycles. The summed E-state index contributed by atoms with van der Waals surface area (Å²) in [5.74, 6) is -0.0560. The van der Waals surface area contributed by atoms with Crippen LogP contribution in [0.4, 0.5) is 4.79 Å². The van der Waals surface area contributed by atoms with Crippen molar-refractivity contribution in [2.75, 3.05) is 7.11 Å². The van der Waals surface area contributed by atoms with Crippen LogP contribution in [0.1, 0.15) is 11.1 Å². The molecule has 1 heterocycles. The van der Waals surface area contributed by atoms with Crippen molar-refractivity contribution in [3.8, 4) is 11.5 Å². The maximum atomic E-state index is 12.6. The van der Waals surface area contributed by atoms with Gasteiger partial charge in [0.1, 0.15) is 0 Å². The summed E-state index contributed by atoms with van der Waals surface area (Å²) in [4.78, 5) is 26.3. The van der Waals surface area contributed by atoms with Gasteiger partial charge in [-0.05, 0) is 41.1 Å². The molecule has 0 spiro atoms. The lowest BCUT2D eigenvalue weighted by molar-refractivity contribution is -0.123. The second-order valence-electron chi connectivity index (χ2n) is 5.30. The number of hydrogen-bond acceptors (Lipinski definition) is 5. The van der Waals surface area contributed by atoms with Crippen LogP contribution in [-0.4, -0.2) is 28.3 Å². The fourth-order valence-electron chi connectivity index (χ4n) is 2.38. The van der Waals surface area contributed by atoms with Gasteiger partial charge in [-0.15, -0.1) is 0 Å². The molecule has 128 valence electrons. The molecule has 0 unspecified atom stereocenters. The summed E-state index contributed by atoms with van der Waals surface area (Å²) in [5, 5.41) is 9.46. The molecule has 0 bridgehead atoms. The normalized spacial score (nSPS) is 15.9. The number of carbonyl (C=O) groups is 2. The van der Waals surface area contributed by atoms with E-state index in [0.717, 1.165) is 17.3 Å². The lowest BCUT2D eigenvalue weighted by atomic mass is 10.1. The van der Waals surface area contributed by atoms with Gasteiger partial charge >= 0.3 is 0 Å². The fraction of sp³-hybridized carbons (Fsp3) is 0.111. The summed E-state index contributed by atoms with van der Waals surface area (Å²) in [5.41, 5.74) is 1.53. The summed E-state index contributed by atoms with van der Waals surface area (Å²) >= 11 is 4.24. The third-order valence-corrected chi connectivity index (χ3v) is 5.24. The first-order valence-corrected chi connectivity index (χ1v) is 8.96. The van der Waals surface area contributed by atoms with E-state index in [1.54, 1.807) is 12.1 Å². The Morgan fingerprint density at radius 3 is 2.64 bits per heavy atom. The third kappa shape index (κ3) is 3.72. The molecule has 0 aliphatic carbocycles.